The molecule has 0 bridgehead atoms. The van der Waals surface area contributed by atoms with E-state index >= 15 is 0 Å². The van der Waals surface area contributed by atoms with Crippen LogP contribution in [0.15, 0.2) is 18.2 Å². The molecule has 1 aliphatic rings. The van der Waals surface area contributed by atoms with E-state index in [9.17, 15) is 0 Å². The van der Waals surface area contributed by atoms with Gasteiger partial charge in [-0.15, -0.1) is 0 Å². The van der Waals surface area contributed by atoms with E-state index in [4.69, 9.17) is 4.98 Å². The number of hydrogen-bond acceptors (Lipinski definition) is 2. The van der Waals surface area contributed by atoms with Gasteiger partial charge in [0.05, 0.1) is 11.0 Å². The van der Waals surface area contributed by atoms with Crippen molar-refractivity contribution in [2.75, 3.05) is 13.1 Å². The Balaban J connectivity index is 2.00. The number of hydrogen-bond donors (Lipinski definition) is 1. The molecule has 0 saturated carbocycles. The van der Waals surface area contributed by atoms with Crippen molar-refractivity contribution in [3.05, 3.63) is 29.6 Å². The molecule has 16 heavy (non-hydrogen) atoms. The molecule has 1 saturated heterocycles. The van der Waals surface area contributed by atoms with Gasteiger partial charge in [0.1, 0.15) is 5.82 Å². The van der Waals surface area contributed by atoms with E-state index in [1.165, 1.54) is 16.9 Å². The summed E-state index contributed by atoms with van der Waals surface area (Å²) in [5, 5.41) is 3.31. The second-order valence-corrected chi connectivity index (χ2v) is 4.81. The van der Waals surface area contributed by atoms with Crippen molar-refractivity contribution >= 4 is 11.0 Å². The van der Waals surface area contributed by atoms with E-state index in [0.29, 0.717) is 0 Å². The number of fused-ring (bicyclic) bond motifs is 1. The molecule has 0 radical (unpaired) electrons. The number of benzene rings is 1. The molecule has 3 nitrogen and oxygen atoms in total. The Morgan fingerprint density at radius 3 is 2.94 bits per heavy atom. The Hall–Kier alpha value is -1.35. The second kappa shape index (κ2) is 3.59. The van der Waals surface area contributed by atoms with E-state index in [-0.39, 0.29) is 0 Å². The summed E-state index contributed by atoms with van der Waals surface area (Å²) < 4.78 is 2.23. The van der Waals surface area contributed by atoms with E-state index in [2.05, 4.69) is 42.1 Å². The van der Waals surface area contributed by atoms with Crippen LogP contribution in [0, 0.1) is 12.8 Å². The second-order valence-electron chi connectivity index (χ2n) is 4.81. The number of nitrogens with one attached hydrogen (secondary N) is 1. The van der Waals surface area contributed by atoms with Gasteiger partial charge in [0, 0.05) is 13.5 Å². The van der Waals surface area contributed by atoms with Crippen molar-refractivity contribution in [3.8, 4) is 0 Å². The lowest BCUT2D eigenvalue weighted by atomic mass is 9.99. The first-order valence-corrected chi connectivity index (χ1v) is 5.87. The third-order valence-corrected chi connectivity index (χ3v) is 3.47. The van der Waals surface area contributed by atoms with Gasteiger partial charge >= 0.3 is 0 Å². The first-order chi connectivity index (χ1) is 7.74. The van der Waals surface area contributed by atoms with Gasteiger partial charge in [-0.3, -0.25) is 0 Å². The molecule has 3 heteroatoms. The number of aromatic nitrogens is 2. The van der Waals surface area contributed by atoms with Crippen LogP contribution in [0.5, 0.6) is 0 Å². The topological polar surface area (TPSA) is 29.9 Å². The SMILES string of the molecule is Cc1ccc2c(c1)nc(CC1CNC1)n2C. The molecule has 0 amide bonds. The van der Waals surface area contributed by atoms with E-state index in [1.807, 2.05) is 0 Å². The average Bonchev–Trinajstić information content (AvgIpc) is 2.49. The van der Waals surface area contributed by atoms with E-state index in [0.717, 1.165) is 30.9 Å². The van der Waals surface area contributed by atoms with Crippen LogP contribution < -0.4 is 5.32 Å². The highest BCUT2D eigenvalue weighted by Crippen LogP contribution is 2.19. The van der Waals surface area contributed by atoms with Crippen LogP contribution in [-0.2, 0) is 13.5 Å². The van der Waals surface area contributed by atoms with Crippen LogP contribution in [0.25, 0.3) is 11.0 Å². The van der Waals surface area contributed by atoms with Gasteiger partial charge in [0.25, 0.3) is 0 Å². The summed E-state index contributed by atoms with van der Waals surface area (Å²) >= 11 is 0. The van der Waals surface area contributed by atoms with Crippen molar-refractivity contribution in [2.24, 2.45) is 13.0 Å². The van der Waals surface area contributed by atoms with Crippen molar-refractivity contribution < 1.29 is 0 Å². The first kappa shape index (κ1) is 9.85. The number of imidazole rings is 1. The van der Waals surface area contributed by atoms with Crippen LogP contribution >= 0.6 is 0 Å². The monoisotopic (exact) mass is 215 g/mol. The van der Waals surface area contributed by atoms with Gasteiger partial charge in [-0.2, -0.15) is 0 Å². The third-order valence-electron chi connectivity index (χ3n) is 3.47. The zero-order chi connectivity index (χ0) is 11.1. The van der Waals surface area contributed by atoms with E-state index < -0.39 is 0 Å². The van der Waals surface area contributed by atoms with Crippen LogP contribution in [0.2, 0.25) is 0 Å². The molecule has 1 aromatic carbocycles. The highest BCUT2D eigenvalue weighted by molar-refractivity contribution is 5.76. The van der Waals surface area contributed by atoms with Crippen molar-refractivity contribution in [2.45, 2.75) is 13.3 Å². The first-order valence-electron chi connectivity index (χ1n) is 5.87. The molecule has 3 rings (SSSR count). The Labute approximate surface area is 95.5 Å². The third kappa shape index (κ3) is 1.52. The summed E-state index contributed by atoms with van der Waals surface area (Å²) in [6.45, 7) is 4.40. The van der Waals surface area contributed by atoms with Gasteiger partial charge in [-0.25, -0.2) is 4.98 Å². The summed E-state index contributed by atoms with van der Waals surface area (Å²) in [5.41, 5.74) is 3.65. The summed E-state index contributed by atoms with van der Waals surface area (Å²) in [5.74, 6) is 1.99. The lowest BCUT2D eigenvalue weighted by Crippen LogP contribution is -2.43. The average molecular weight is 215 g/mol. The Kier molecular flexibility index (Phi) is 2.21. The van der Waals surface area contributed by atoms with Crippen molar-refractivity contribution in [1.29, 1.82) is 0 Å². The van der Waals surface area contributed by atoms with Crippen molar-refractivity contribution in [3.63, 3.8) is 0 Å². The molecule has 0 unspecified atom stereocenters. The van der Waals surface area contributed by atoms with E-state index in [1.54, 1.807) is 0 Å². The summed E-state index contributed by atoms with van der Waals surface area (Å²) in [7, 11) is 2.12. The van der Waals surface area contributed by atoms with Crippen LogP contribution in [-0.4, -0.2) is 22.6 Å². The molecule has 0 atom stereocenters. The van der Waals surface area contributed by atoms with Gasteiger partial charge < -0.3 is 9.88 Å². The molecule has 1 aliphatic heterocycles. The van der Waals surface area contributed by atoms with Gasteiger partial charge in [-0.1, -0.05) is 6.07 Å². The minimum absolute atomic E-state index is 0.775. The highest BCUT2D eigenvalue weighted by Gasteiger charge is 2.19. The van der Waals surface area contributed by atoms with Crippen LogP contribution in [0.1, 0.15) is 11.4 Å². The minimum atomic E-state index is 0.775. The molecule has 2 heterocycles. The maximum atomic E-state index is 4.73. The molecule has 1 N–H and O–H groups in total. The normalized spacial score (nSPS) is 16.6. The van der Waals surface area contributed by atoms with Crippen LogP contribution in [0.4, 0.5) is 0 Å². The summed E-state index contributed by atoms with van der Waals surface area (Å²) in [6.07, 6.45) is 1.09. The fourth-order valence-electron chi connectivity index (χ4n) is 2.29. The molecule has 1 fully saturated rings. The van der Waals surface area contributed by atoms with Gasteiger partial charge in [0.2, 0.25) is 0 Å². The fraction of sp³-hybridized carbons (Fsp3) is 0.462. The largest absolute Gasteiger partial charge is 0.331 e. The molecule has 0 aliphatic carbocycles. The zero-order valence-corrected chi connectivity index (χ0v) is 9.83. The highest BCUT2D eigenvalue weighted by atomic mass is 15.1. The fourth-order valence-corrected chi connectivity index (χ4v) is 2.29. The molecular weight excluding hydrogens is 198 g/mol. The molecular formula is C13H17N3. The maximum absolute atomic E-state index is 4.73. The molecule has 84 valence electrons. The molecule has 0 spiro atoms. The smallest absolute Gasteiger partial charge is 0.109 e. The molecule has 2 aromatic rings. The summed E-state index contributed by atoms with van der Waals surface area (Å²) in [6, 6.07) is 6.48. The van der Waals surface area contributed by atoms with Crippen LogP contribution in [0.3, 0.4) is 0 Å². The number of rotatable bonds is 2. The Morgan fingerprint density at radius 2 is 2.25 bits per heavy atom. The zero-order valence-electron chi connectivity index (χ0n) is 9.83. The maximum Gasteiger partial charge on any atom is 0.109 e. The predicted molar refractivity (Wildman–Crippen MR) is 65.5 cm³/mol. The lowest BCUT2D eigenvalue weighted by Gasteiger charge is -2.26. The number of aryl methyl sites for hydroxylation is 2. The Bertz CT molecular complexity index is 523. The number of nitrogens with zero attached hydrogens (tertiary/aromatic N) is 2. The Morgan fingerprint density at radius 1 is 1.44 bits per heavy atom. The van der Waals surface area contributed by atoms with Gasteiger partial charge in [0.15, 0.2) is 0 Å². The quantitative estimate of drug-likeness (QED) is 0.825. The van der Waals surface area contributed by atoms with Gasteiger partial charge in [-0.05, 0) is 43.6 Å². The van der Waals surface area contributed by atoms with Crippen molar-refractivity contribution in [1.82, 2.24) is 14.9 Å². The molecule has 1 aromatic heterocycles. The minimum Gasteiger partial charge on any atom is -0.331 e. The lowest BCUT2D eigenvalue weighted by molar-refractivity contribution is 0.339. The summed E-state index contributed by atoms with van der Waals surface area (Å²) in [4.78, 5) is 4.73. The predicted octanol–water partition coefficient (Wildman–Crippen LogP) is 1.64. The standard InChI is InChI=1S/C13H17N3/c1-9-3-4-12-11(5-9)15-13(16(12)2)6-10-7-14-8-10/h3-5,10,14H,6-8H2,1-2H3.